The third-order valence-corrected chi connectivity index (χ3v) is 6.85. The fraction of sp³-hybridized carbons (Fsp3) is 0.600. The molecule has 3 rings (SSSR count). The van der Waals surface area contributed by atoms with Crippen LogP contribution in [-0.4, -0.2) is 33.0 Å². The largest absolute Gasteiger partial charge is 0.316 e. The van der Waals surface area contributed by atoms with E-state index in [0.29, 0.717) is 17.4 Å². The van der Waals surface area contributed by atoms with Gasteiger partial charge in [-0.2, -0.15) is 0 Å². The Bertz CT molecular complexity index is 586. The quantitative estimate of drug-likeness (QED) is 0.867. The third kappa shape index (κ3) is 2.74. The van der Waals surface area contributed by atoms with Crippen LogP contribution in [0.2, 0.25) is 5.02 Å². The average Bonchev–Trinajstić information content (AvgIpc) is 2.43. The molecule has 0 aliphatic carbocycles. The lowest BCUT2D eigenvalue weighted by Gasteiger charge is -2.47. The molecule has 1 N–H and O–H groups in total. The molecule has 0 bridgehead atoms. The normalized spacial score (nSPS) is 28.4. The number of nitrogens with one attached hydrogen (secondary N) is 1. The summed E-state index contributed by atoms with van der Waals surface area (Å²) in [4.78, 5) is 0. The molecule has 3 nitrogen and oxygen atoms in total. The van der Waals surface area contributed by atoms with Crippen molar-refractivity contribution in [3.05, 3.63) is 34.9 Å². The zero-order valence-corrected chi connectivity index (χ0v) is 13.0. The maximum Gasteiger partial charge on any atom is 0.150 e. The Morgan fingerprint density at radius 2 is 1.95 bits per heavy atom. The van der Waals surface area contributed by atoms with Gasteiger partial charge in [0.15, 0.2) is 0 Å². The molecular weight excluding hydrogens is 294 g/mol. The molecule has 1 unspecified atom stereocenters. The SMILES string of the molecule is O=S1(=O)CCC2(CCNCC2c2cccc(Cl)c2)CC1. The predicted octanol–water partition coefficient (Wildman–Crippen LogP) is 2.61. The van der Waals surface area contributed by atoms with Crippen molar-refractivity contribution < 1.29 is 8.42 Å². The van der Waals surface area contributed by atoms with Crippen LogP contribution in [0.5, 0.6) is 0 Å². The molecule has 2 aliphatic rings. The maximum absolute atomic E-state index is 11.7. The first kappa shape index (κ1) is 14.4. The summed E-state index contributed by atoms with van der Waals surface area (Å²) in [6.45, 7) is 1.90. The van der Waals surface area contributed by atoms with Crippen molar-refractivity contribution >= 4 is 21.4 Å². The van der Waals surface area contributed by atoms with Gasteiger partial charge >= 0.3 is 0 Å². The molecule has 0 aromatic heterocycles. The summed E-state index contributed by atoms with van der Waals surface area (Å²) in [7, 11) is -2.82. The highest BCUT2D eigenvalue weighted by Crippen LogP contribution is 2.49. The highest BCUT2D eigenvalue weighted by molar-refractivity contribution is 7.91. The van der Waals surface area contributed by atoms with Crippen LogP contribution < -0.4 is 5.32 Å². The van der Waals surface area contributed by atoms with E-state index in [1.54, 1.807) is 0 Å². The summed E-state index contributed by atoms with van der Waals surface area (Å²) in [5.41, 5.74) is 1.37. The number of hydrogen-bond donors (Lipinski definition) is 1. The Hall–Kier alpha value is -0.580. The van der Waals surface area contributed by atoms with Gasteiger partial charge < -0.3 is 5.32 Å². The van der Waals surface area contributed by atoms with E-state index in [0.717, 1.165) is 37.4 Å². The van der Waals surface area contributed by atoms with Crippen LogP contribution in [0, 0.1) is 5.41 Å². The highest BCUT2D eigenvalue weighted by Gasteiger charge is 2.45. The zero-order valence-electron chi connectivity index (χ0n) is 11.4. The Kier molecular flexibility index (Phi) is 3.82. The van der Waals surface area contributed by atoms with E-state index in [1.807, 2.05) is 18.2 Å². The van der Waals surface area contributed by atoms with Gasteiger partial charge in [-0.25, -0.2) is 8.42 Å². The van der Waals surface area contributed by atoms with E-state index in [-0.39, 0.29) is 5.41 Å². The predicted molar refractivity (Wildman–Crippen MR) is 82.0 cm³/mol. The first-order valence-corrected chi connectivity index (χ1v) is 9.37. The summed E-state index contributed by atoms with van der Waals surface area (Å²) in [5, 5.41) is 4.21. The molecule has 2 fully saturated rings. The monoisotopic (exact) mass is 313 g/mol. The molecule has 0 saturated carbocycles. The summed E-state index contributed by atoms with van der Waals surface area (Å²) < 4.78 is 23.5. The van der Waals surface area contributed by atoms with Gasteiger partial charge in [0.05, 0.1) is 11.5 Å². The maximum atomic E-state index is 11.7. The molecule has 2 aliphatic heterocycles. The van der Waals surface area contributed by atoms with Gasteiger partial charge in [0.1, 0.15) is 9.84 Å². The van der Waals surface area contributed by atoms with Gasteiger partial charge in [-0.15, -0.1) is 0 Å². The standard InChI is InChI=1S/C15H20ClNO2S/c16-13-3-1-2-12(10-13)14-11-17-7-4-15(14)5-8-20(18,19)9-6-15/h1-3,10,14,17H,4-9,11H2. The fourth-order valence-electron chi connectivity index (χ4n) is 3.71. The molecule has 0 radical (unpaired) electrons. The summed E-state index contributed by atoms with van der Waals surface area (Å²) in [6, 6.07) is 8.03. The number of rotatable bonds is 1. The number of halogens is 1. The first-order valence-electron chi connectivity index (χ1n) is 7.17. The molecule has 1 atom stereocenters. The number of hydrogen-bond acceptors (Lipinski definition) is 3. The van der Waals surface area contributed by atoms with E-state index in [2.05, 4.69) is 11.4 Å². The molecule has 1 aromatic rings. The van der Waals surface area contributed by atoms with E-state index >= 15 is 0 Å². The van der Waals surface area contributed by atoms with Crippen molar-refractivity contribution in [2.45, 2.75) is 25.2 Å². The van der Waals surface area contributed by atoms with Crippen LogP contribution in [0.3, 0.4) is 0 Å². The lowest BCUT2D eigenvalue weighted by molar-refractivity contribution is 0.144. The van der Waals surface area contributed by atoms with Crippen molar-refractivity contribution in [1.29, 1.82) is 0 Å². The summed E-state index contributed by atoms with van der Waals surface area (Å²) in [5.74, 6) is 1.04. The van der Waals surface area contributed by atoms with Gasteiger partial charge in [0.2, 0.25) is 0 Å². The molecule has 2 saturated heterocycles. The second kappa shape index (κ2) is 5.32. The van der Waals surface area contributed by atoms with Crippen LogP contribution in [0.1, 0.15) is 30.7 Å². The van der Waals surface area contributed by atoms with Gasteiger partial charge in [0.25, 0.3) is 0 Å². The van der Waals surface area contributed by atoms with Gasteiger partial charge in [-0.05, 0) is 48.9 Å². The molecule has 1 spiro atoms. The van der Waals surface area contributed by atoms with Crippen LogP contribution >= 0.6 is 11.6 Å². The minimum atomic E-state index is -2.82. The Labute approximate surface area is 125 Å². The van der Waals surface area contributed by atoms with Gasteiger partial charge in [-0.3, -0.25) is 0 Å². The molecule has 5 heteroatoms. The molecule has 110 valence electrons. The topological polar surface area (TPSA) is 46.2 Å². The van der Waals surface area contributed by atoms with Crippen LogP contribution in [0.15, 0.2) is 24.3 Å². The molecule has 0 amide bonds. The number of benzene rings is 1. The van der Waals surface area contributed by atoms with Crippen molar-refractivity contribution in [2.75, 3.05) is 24.6 Å². The van der Waals surface area contributed by atoms with Gasteiger partial charge in [-0.1, -0.05) is 23.7 Å². The molecule has 2 heterocycles. The zero-order chi connectivity index (χ0) is 14.2. The van der Waals surface area contributed by atoms with Crippen molar-refractivity contribution in [1.82, 2.24) is 5.32 Å². The molecular formula is C15H20ClNO2S. The van der Waals surface area contributed by atoms with Crippen LogP contribution in [0.25, 0.3) is 0 Å². The second-order valence-corrected chi connectivity index (χ2v) is 8.82. The van der Waals surface area contributed by atoms with Crippen molar-refractivity contribution in [3.63, 3.8) is 0 Å². The molecule has 20 heavy (non-hydrogen) atoms. The summed E-state index contributed by atoms with van der Waals surface area (Å²) in [6.07, 6.45) is 2.63. The van der Waals surface area contributed by atoms with Crippen LogP contribution in [0.4, 0.5) is 0 Å². The Morgan fingerprint density at radius 1 is 1.20 bits per heavy atom. The minimum Gasteiger partial charge on any atom is -0.316 e. The molecule has 1 aromatic carbocycles. The fourth-order valence-corrected chi connectivity index (χ4v) is 5.55. The summed E-state index contributed by atoms with van der Waals surface area (Å²) >= 11 is 6.12. The third-order valence-electron chi connectivity index (χ3n) is 4.96. The second-order valence-electron chi connectivity index (χ2n) is 6.08. The number of piperidine rings is 1. The Balaban J connectivity index is 1.92. The lowest BCUT2D eigenvalue weighted by atomic mass is 9.64. The van der Waals surface area contributed by atoms with E-state index < -0.39 is 9.84 Å². The van der Waals surface area contributed by atoms with E-state index in [4.69, 9.17) is 11.6 Å². The van der Waals surface area contributed by atoms with Crippen molar-refractivity contribution in [2.24, 2.45) is 5.41 Å². The lowest BCUT2D eigenvalue weighted by Crippen LogP contribution is -2.47. The smallest absolute Gasteiger partial charge is 0.150 e. The Morgan fingerprint density at radius 3 is 2.65 bits per heavy atom. The minimum absolute atomic E-state index is 0.126. The number of sulfone groups is 1. The van der Waals surface area contributed by atoms with Crippen molar-refractivity contribution in [3.8, 4) is 0 Å². The van der Waals surface area contributed by atoms with E-state index in [1.165, 1.54) is 5.56 Å². The highest BCUT2D eigenvalue weighted by atomic mass is 35.5. The van der Waals surface area contributed by atoms with Gasteiger partial charge in [0, 0.05) is 17.5 Å². The van der Waals surface area contributed by atoms with Crippen LogP contribution in [-0.2, 0) is 9.84 Å². The van der Waals surface area contributed by atoms with E-state index in [9.17, 15) is 8.42 Å². The first-order chi connectivity index (χ1) is 9.51. The average molecular weight is 314 g/mol.